The lowest BCUT2D eigenvalue weighted by Gasteiger charge is -2.11. The predicted octanol–water partition coefficient (Wildman–Crippen LogP) is 2.13. The molecule has 0 radical (unpaired) electrons. The van der Waals surface area contributed by atoms with Crippen molar-refractivity contribution in [2.45, 2.75) is 39.5 Å². The Morgan fingerprint density at radius 3 is 2.71 bits per heavy atom. The molecule has 1 atom stereocenters. The monoisotopic (exact) mass is 198 g/mol. The fourth-order valence-corrected chi connectivity index (χ4v) is 1.53. The maximum atomic E-state index is 11.2. The standard InChI is InChI=1S/C11H22N2O/c1-3-4-7-12-11(14)13-8-9(2)10-5-6-10/h9-10H,3-8H2,1-2H3,(H2,12,13,14). The highest BCUT2D eigenvalue weighted by atomic mass is 16.2. The smallest absolute Gasteiger partial charge is 0.314 e. The normalized spacial score (nSPS) is 17.6. The number of hydrogen-bond acceptors (Lipinski definition) is 1. The molecule has 0 aromatic rings. The Bertz CT molecular complexity index is 178. The van der Waals surface area contributed by atoms with Crippen LogP contribution in [0.2, 0.25) is 0 Å². The molecule has 1 unspecified atom stereocenters. The summed E-state index contributed by atoms with van der Waals surface area (Å²) in [5.41, 5.74) is 0. The molecular weight excluding hydrogens is 176 g/mol. The van der Waals surface area contributed by atoms with E-state index >= 15 is 0 Å². The molecule has 3 heteroatoms. The van der Waals surface area contributed by atoms with Gasteiger partial charge >= 0.3 is 6.03 Å². The van der Waals surface area contributed by atoms with Crippen molar-refractivity contribution in [2.24, 2.45) is 11.8 Å². The molecule has 0 aromatic heterocycles. The van der Waals surface area contributed by atoms with Gasteiger partial charge in [-0.3, -0.25) is 0 Å². The SMILES string of the molecule is CCCCNC(=O)NCC(C)C1CC1. The topological polar surface area (TPSA) is 41.1 Å². The largest absolute Gasteiger partial charge is 0.338 e. The van der Waals surface area contributed by atoms with E-state index in [0.717, 1.165) is 31.8 Å². The van der Waals surface area contributed by atoms with Gasteiger partial charge in [0.2, 0.25) is 0 Å². The minimum Gasteiger partial charge on any atom is -0.338 e. The van der Waals surface area contributed by atoms with Crippen LogP contribution in [-0.4, -0.2) is 19.1 Å². The van der Waals surface area contributed by atoms with Crippen LogP contribution in [0.25, 0.3) is 0 Å². The second-order valence-electron chi connectivity index (χ2n) is 4.31. The molecule has 0 aliphatic heterocycles. The molecule has 2 amide bonds. The van der Waals surface area contributed by atoms with E-state index < -0.39 is 0 Å². The lowest BCUT2D eigenvalue weighted by molar-refractivity contribution is 0.238. The lowest BCUT2D eigenvalue weighted by atomic mass is 10.1. The third-order valence-corrected chi connectivity index (χ3v) is 2.83. The third kappa shape index (κ3) is 4.49. The zero-order chi connectivity index (χ0) is 10.4. The Morgan fingerprint density at radius 2 is 2.14 bits per heavy atom. The Balaban J connectivity index is 1.96. The molecule has 82 valence electrons. The maximum Gasteiger partial charge on any atom is 0.314 e. The van der Waals surface area contributed by atoms with E-state index in [1.54, 1.807) is 0 Å². The van der Waals surface area contributed by atoms with Crippen LogP contribution in [0.3, 0.4) is 0 Å². The van der Waals surface area contributed by atoms with Gasteiger partial charge in [-0.2, -0.15) is 0 Å². The number of urea groups is 1. The molecule has 0 spiro atoms. The van der Waals surface area contributed by atoms with Gasteiger partial charge in [-0.25, -0.2) is 4.79 Å². The van der Waals surface area contributed by atoms with Crippen LogP contribution >= 0.6 is 0 Å². The lowest BCUT2D eigenvalue weighted by Crippen LogP contribution is -2.38. The van der Waals surface area contributed by atoms with Crippen LogP contribution in [0, 0.1) is 11.8 Å². The van der Waals surface area contributed by atoms with Gasteiger partial charge in [0.05, 0.1) is 0 Å². The highest BCUT2D eigenvalue weighted by Gasteiger charge is 2.27. The van der Waals surface area contributed by atoms with E-state index in [4.69, 9.17) is 0 Å². The highest BCUT2D eigenvalue weighted by molar-refractivity contribution is 5.73. The summed E-state index contributed by atoms with van der Waals surface area (Å²) in [5, 5.41) is 5.76. The fourth-order valence-electron chi connectivity index (χ4n) is 1.53. The van der Waals surface area contributed by atoms with Crippen LogP contribution in [0.1, 0.15) is 39.5 Å². The second kappa shape index (κ2) is 5.89. The molecule has 1 fully saturated rings. The van der Waals surface area contributed by atoms with Crippen molar-refractivity contribution in [2.75, 3.05) is 13.1 Å². The van der Waals surface area contributed by atoms with Gasteiger partial charge in [0.25, 0.3) is 0 Å². The summed E-state index contributed by atoms with van der Waals surface area (Å²) in [7, 11) is 0. The molecule has 1 saturated carbocycles. The average Bonchev–Trinajstić information content (AvgIpc) is 2.98. The number of amides is 2. The van der Waals surface area contributed by atoms with E-state index in [9.17, 15) is 4.79 Å². The van der Waals surface area contributed by atoms with Crippen molar-refractivity contribution in [3.8, 4) is 0 Å². The van der Waals surface area contributed by atoms with Gasteiger partial charge in [-0.1, -0.05) is 20.3 Å². The van der Waals surface area contributed by atoms with Gasteiger partial charge in [0, 0.05) is 13.1 Å². The molecule has 0 bridgehead atoms. The van der Waals surface area contributed by atoms with Crippen molar-refractivity contribution >= 4 is 6.03 Å². The Hall–Kier alpha value is -0.730. The first kappa shape index (κ1) is 11.3. The first-order valence-corrected chi connectivity index (χ1v) is 5.75. The number of unbranched alkanes of at least 4 members (excludes halogenated alkanes) is 1. The Labute approximate surface area is 86.6 Å². The van der Waals surface area contributed by atoms with Gasteiger partial charge in [-0.05, 0) is 31.1 Å². The van der Waals surface area contributed by atoms with E-state index in [1.165, 1.54) is 12.8 Å². The molecule has 14 heavy (non-hydrogen) atoms. The van der Waals surface area contributed by atoms with Crippen molar-refractivity contribution in [1.29, 1.82) is 0 Å². The molecule has 1 aliphatic carbocycles. The van der Waals surface area contributed by atoms with Crippen molar-refractivity contribution in [3.63, 3.8) is 0 Å². The average molecular weight is 198 g/mol. The number of rotatable bonds is 6. The zero-order valence-electron chi connectivity index (χ0n) is 9.31. The van der Waals surface area contributed by atoms with Crippen LogP contribution < -0.4 is 10.6 Å². The third-order valence-electron chi connectivity index (χ3n) is 2.83. The van der Waals surface area contributed by atoms with Crippen LogP contribution in [0.5, 0.6) is 0 Å². The van der Waals surface area contributed by atoms with Crippen molar-refractivity contribution in [1.82, 2.24) is 10.6 Å². The van der Waals surface area contributed by atoms with Gasteiger partial charge in [-0.15, -0.1) is 0 Å². The fraction of sp³-hybridized carbons (Fsp3) is 0.909. The first-order valence-electron chi connectivity index (χ1n) is 5.75. The quantitative estimate of drug-likeness (QED) is 0.631. The van der Waals surface area contributed by atoms with Crippen molar-refractivity contribution in [3.05, 3.63) is 0 Å². The minimum absolute atomic E-state index is 0.00838. The minimum atomic E-state index is -0.00838. The number of hydrogen-bond donors (Lipinski definition) is 2. The zero-order valence-corrected chi connectivity index (χ0v) is 9.31. The van der Waals surface area contributed by atoms with Crippen LogP contribution in [-0.2, 0) is 0 Å². The Morgan fingerprint density at radius 1 is 1.43 bits per heavy atom. The molecule has 1 rings (SSSR count). The van der Waals surface area contributed by atoms with E-state index in [1.807, 2.05) is 0 Å². The number of carbonyl (C=O) groups excluding carboxylic acids is 1. The second-order valence-corrected chi connectivity index (χ2v) is 4.31. The van der Waals surface area contributed by atoms with Gasteiger partial charge in [0.1, 0.15) is 0 Å². The van der Waals surface area contributed by atoms with E-state index in [0.29, 0.717) is 5.92 Å². The summed E-state index contributed by atoms with van der Waals surface area (Å²) >= 11 is 0. The highest BCUT2D eigenvalue weighted by Crippen LogP contribution is 2.35. The summed E-state index contributed by atoms with van der Waals surface area (Å²) in [5.74, 6) is 1.51. The van der Waals surface area contributed by atoms with E-state index in [-0.39, 0.29) is 6.03 Å². The summed E-state index contributed by atoms with van der Waals surface area (Å²) < 4.78 is 0. The maximum absolute atomic E-state index is 11.2. The number of carbonyl (C=O) groups is 1. The molecule has 2 N–H and O–H groups in total. The molecule has 0 heterocycles. The molecule has 3 nitrogen and oxygen atoms in total. The molecular formula is C11H22N2O. The Kier molecular flexibility index (Phi) is 4.77. The van der Waals surface area contributed by atoms with Crippen LogP contribution in [0.15, 0.2) is 0 Å². The van der Waals surface area contributed by atoms with E-state index in [2.05, 4.69) is 24.5 Å². The molecule has 0 saturated heterocycles. The first-order chi connectivity index (χ1) is 6.74. The van der Waals surface area contributed by atoms with Gasteiger partial charge < -0.3 is 10.6 Å². The summed E-state index contributed by atoms with van der Waals surface area (Å²) in [6, 6.07) is -0.00838. The van der Waals surface area contributed by atoms with Crippen LogP contribution in [0.4, 0.5) is 4.79 Å². The number of nitrogens with one attached hydrogen (secondary N) is 2. The summed E-state index contributed by atoms with van der Waals surface area (Å²) in [6.45, 7) is 5.95. The van der Waals surface area contributed by atoms with Gasteiger partial charge in [0.15, 0.2) is 0 Å². The molecule has 1 aliphatic rings. The summed E-state index contributed by atoms with van der Waals surface area (Å²) in [4.78, 5) is 11.2. The van der Waals surface area contributed by atoms with Crippen molar-refractivity contribution < 1.29 is 4.79 Å². The predicted molar refractivity (Wildman–Crippen MR) is 58.2 cm³/mol. The summed E-state index contributed by atoms with van der Waals surface area (Å²) in [6.07, 6.45) is 4.88. The molecule has 0 aromatic carbocycles.